The molecular weight excluding hydrogens is 252 g/mol. The van der Waals surface area contributed by atoms with Gasteiger partial charge in [-0.15, -0.1) is 0 Å². The predicted molar refractivity (Wildman–Crippen MR) is 77.6 cm³/mol. The van der Waals surface area contributed by atoms with Crippen molar-refractivity contribution in [3.8, 4) is 11.8 Å². The van der Waals surface area contributed by atoms with Crippen LogP contribution in [0.4, 0.5) is 5.69 Å². The van der Waals surface area contributed by atoms with Crippen LogP contribution in [-0.4, -0.2) is 18.8 Å². The van der Waals surface area contributed by atoms with Crippen LogP contribution in [0.15, 0.2) is 48.5 Å². The molecule has 0 fully saturated rings. The van der Waals surface area contributed by atoms with Gasteiger partial charge in [-0.2, -0.15) is 5.26 Å². The first kappa shape index (κ1) is 13.9. The number of anilines is 1. The van der Waals surface area contributed by atoms with Gasteiger partial charge in [-0.3, -0.25) is 0 Å². The van der Waals surface area contributed by atoms with Crippen molar-refractivity contribution in [1.29, 1.82) is 5.26 Å². The van der Waals surface area contributed by atoms with Crippen LogP contribution >= 0.6 is 0 Å². The van der Waals surface area contributed by atoms with Crippen molar-refractivity contribution in [2.24, 2.45) is 0 Å². The summed E-state index contributed by atoms with van der Waals surface area (Å²) in [5, 5.41) is 22.1. The van der Waals surface area contributed by atoms with E-state index < -0.39 is 6.10 Å². The fourth-order valence-electron chi connectivity index (χ4n) is 1.93. The number of aliphatic hydroxyl groups is 1. The molecule has 0 aliphatic rings. The van der Waals surface area contributed by atoms with Crippen LogP contribution in [0.1, 0.15) is 17.2 Å². The highest BCUT2D eigenvalue weighted by Gasteiger charge is 2.12. The van der Waals surface area contributed by atoms with Gasteiger partial charge in [0.05, 0.1) is 24.8 Å². The first-order valence-corrected chi connectivity index (χ1v) is 6.29. The molecule has 0 aliphatic carbocycles. The van der Waals surface area contributed by atoms with Crippen molar-refractivity contribution in [2.75, 3.05) is 19.0 Å². The van der Waals surface area contributed by atoms with E-state index in [-0.39, 0.29) is 0 Å². The quantitative estimate of drug-likeness (QED) is 0.875. The highest BCUT2D eigenvalue weighted by Crippen LogP contribution is 2.24. The molecule has 1 unspecified atom stereocenters. The molecule has 0 saturated heterocycles. The number of hydrogen-bond donors (Lipinski definition) is 2. The molecule has 0 spiro atoms. The van der Waals surface area contributed by atoms with Gasteiger partial charge < -0.3 is 15.2 Å². The summed E-state index contributed by atoms with van der Waals surface area (Å²) in [5.74, 6) is 0.668. The van der Waals surface area contributed by atoms with E-state index in [1.807, 2.05) is 36.4 Å². The number of nitrogens with one attached hydrogen (secondary N) is 1. The normalized spacial score (nSPS) is 11.4. The third-order valence-corrected chi connectivity index (χ3v) is 3.01. The summed E-state index contributed by atoms with van der Waals surface area (Å²) < 4.78 is 5.22. The second-order valence-corrected chi connectivity index (χ2v) is 4.33. The van der Waals surface area contributed by atoms with Crippen LogP contribution < -0.4 is 10.1 Å². The van der Waals surface area contributed by atoms with Crippen LogP contribution in [0.3, 0.4) is 0 Å². The maximum atomic E-state index is 10.2. The maximum absolute atomic E-state index is 10.2. The van der Waals surface area contributed by atoms with Gasteiger partial charge in [0.15, 0.2) is 0 Å². The molecule has 4 nitrogen and oxygen atoms in total. The molecule has 2 aromatic rings. The third-order valence-electron chi connectivity index (χ3n) is 3.01. The Morgan fingerprint density at radius 1 is 1.20 bits per heavy atom. The van der Waals surface area contributed by atoms with E-state index >= 15 is 0 Å². The molecule has 0 aliphatic heterocycles. The lowest BCUT2D eigenvalue weighted by molar-refractivity contribution is 0.187. The lowest BCUT2D eigenvalue weighted by atomic mass is 10.1. The molecule has 2 N–H and O–H groups in total. The fraction of sp³-hybridized carbons (Fsp3) is 0.188. The first-order valence-electron chi connectivity index (χ1n) is 6.29. The minimum Gasteiger partial charge on any atom is -0.496 e. The summed E-state index contributed by atoms with van der Waals surface area (Å²) in [6, 6.07) is 16.5. The largest absolute Gasteiger partial charge is 0.496 e. The zero-order valence-electron chi connectivity index (χ0n) is 11.2. The SMILES string of the molecule is COc1ccccc1C(O)CNc1ccc(C#N)cc1. The highest BCUT2D eigenvalue weighted by atomic mass is 16.5. The van der Waals surface area contributed by atoms with Crippen LogP contribution in [0.2, 0.25) is 0 Å². The molecule has 20 heavy (non-hydrogen) atoms. The molecular formula is C16H16N2O2. The number of methoxy groups -OCH3 is 1. The van der Waals surface area contributed by atoms with E-state index in [1.165, 1.54) is 0 Å². The average molecular weight is 268 g/mol. The molecule has 2 rings (SSSR count). The Morgan fingerprint density at radius 3 is 2.55 bits per heavy atom. The summed E-state index contributed by atoms with van der Waals surface area (Å²) in [5.41, 5.74) is 2.22. The first-order chi connectivity index (χ1) is 9.74. The number of nitrogens with zero attached hydrogens (tertiary/aromatic N) is 1. The molecule has 0 saturated carbocycles. The zero-order chi connectivity index (χ0) is 14.4. The van der Waals surface area contributed by atoms with Crippen molar-refractivity contribution in [3.05, 3.63) is 59.7 Å². The average Bonchev–Trinajstić information content (AvgIpc) is 2.53. The molecule has 0 heterocycles. The monoisotopic (exact) mass is 268 g/mol. The van der Waals surface area contributed by atoms with E-state index in [0.29, 0.717) is 17.9 Å². The Balaban J connectivity index is 2.01. The van der Waals surface area contributed by atoms with Gasteiger partial charge in [0.25, 0.3) is 0 Å². The Bertz CT molecular complexity index is 603. The van der Waals surface area contributed by atoms with Gasteiger partial charge >= 0.3 is 0 Å². The third kappa shape index (κ3) is 3.28. The summed E-state index contributed by atoms with van der Waals surface area (Å²) in [6.07, 6.45) is -0.665. The Kier molecular flexibility index (Phi) is 4.59. The maximum Gasteiger partial charge on any atom is 0.124 e. The molecule has 0 radical (unpaired) electrons. The van der Waals surface area contributed by atoms with E-state index in [9.17, 15) is 5.11 Å². The minimum absolute atomic E-state index is 0.367. The number of hydrogen-bond acceptors (Lipinski definition) is 4. The van der Waals surface area contributed by atoms with Crippen LogP contribution in [-0.2, 0) is 0 Å². The van der Waals surface area contributed by atoms with Crippen molar-refractivity contribution in [1.82, 2.24) is 0 Å². The Morgan fingerprint density at radius 2 is 1.90 bits per heavy atom. The second-order valence-electron chi connectivity index (χ2n) is 4.33. The summed E-state index contributed by atoms with van der Waals surface area (Å²) in [6.45, 7) is 0.367. The predicted octanol–water partition coefficient (Wildman–Crippen LogP) is 2.71. The Hall–Kier alpha value is -2.51. The summed E-state index contributed by atoms with van der Waals surface area (Å²) >= 11 is 0. The van der Waals surface area contributed by atoms with Crippen molar-refractivity contribution < 1.29 is 9.84 Å². The minimum atomic E-state index is -0.665. The number of rotatable bonds is 5. The van der Waals surface area contributed by atoms with Gasteiger partial charge in [0.1, 0.15) is 5.75 Å². The lowest BCUT2D eigenvalue weighted by Crippen LogP contribution is -2.13. The molecule has 4 heteroatoms. The van der Waals surface area contributed by atoms with Crippen LogP contribution in [0.5, 0.6) is 5.75 Å². The second kappa shape index (κ2) is 6.60. The lowest BCUT2D eigenvalue weighted by Gasteiger charge is -2.16. The van der Waals surface area contributed by atoms with Gasteiger partial charge in [-0.05, 0) is 30.3 Å². The Labute approximate surface area is 118 Å². The summed E-state index contributed by atoms with van der Waals surface area (Å²) in [7, 11) is 1.58. The molecule has 1 atom stereocenters. The van der Waals surface area contributed by atoms with Crippen molar-refractivity contribution in [2.45, 2.75) is 6.10 Å². The molecule has 0 aromatic heterocycles. The van der Waals surface area contributed by atoms with Gasteiger partial charge in [-0.1, -0.05) is 18.2 Å². The molecule has 102 valence electrons. The number of ether oxygens (including phenoxy) is 1. The zero-order valence-corrected chi connectivity index (χ0v) is 11.2. The van der Waals surface area contributed by atoms with E-state index in [1.54, 1.807) is 19.2 Å². The smallest absolute Gasteiger partial charge is 0.124 e. The van der Waals surface area contributed by atoms with E-state index in [4.69, 9.17) is 10.00 Å². The number of nitriles is 1. The van der Waals surface area contributed by atoms with Crippen LogP contribution in [0, 0.1) is 11.3 Å². The fourth-order valence-corrected chi connectivity index (χ4v) is 1.93. The highest BCUT2D eigenvalue weighted by molar-refractivity contribution is 5.47. The summed E-state index contributed by atoms with van der Waals surface area (Å²) in [4.78, 5) is 0. The van der Waals surface area contributed by atoms with Crippen LogP contribution in [0.25, 0.3) is 0 Å². The standard InChI is InChI=1S/C16H16N2O2/c1-20-16-5-3-2-4-14(16)15(19)11-18-13-8-6-12(10-17)7-9-13/h2-9,15,18-19H,11H2,1H3. The van der Waals surface area contributed by atoms with Crippen molar-refractivity contribution in [3.63, 3.8) is 0 Å². The molecule has 2 aromatic carbocycles. The van der Waals surface area contributed by atoms with Gasteiger partial charge in [-0.25, -0.2) is 0 Å². The van der Waals surface area contributed by atoms with Gasteiger partial charge in [0, 0.05) is 17.8 Å². The molecule has 0 amide bonds. The van der Waals surface area contributed by atoms with Gasteiger partial charge in [0.2, 0.25) is 0 Å². The van der Waals surface area contributed by atoms with E-state index in [0.717, 1.165) is 11.3 Å². The topological polar surface area (TPSA) is 65.3 Å². The van der Waals surface area contributed by atoms with Crippen molar-refractivity contribution >= 4 is 5.69 Å². The number of para-hydroxylation sites is 1. The number of aliphatic hydroxyl groups excluding tert-OH is 1. The van der Waals surface area contributed by atoms with E-state index in [2.05, 4.69) is 11.4 Å². The molecule has 0 bridgehead atoms. The number of benzene rings is 2.